The molecule has 1 heterocycles. The summed E-state index contributed by atoms with van der Waals surface area (Å²) < 4.78 is 5.87. The lowest BCUT2D eigenvalue weighted by atomic mass is 10.1. The number of rotatable bonds is 9. The Kier molecular flexibility index (Phi) is 5.75. The van der Waals surface area contributed by atoms with E-state index < -0.39 is 5.97 Å². The molecule has 0 unspecified atom stereocenters. The molecule has 1 N–H and O–H groups in total. The number of pyridine rings is 1. The Morgan fingerprint density at radius 3 is 2.75 bits per heavy atom. The first-order valence-electron chi connectivity index (χ1n) is 8.21. The third-order valence-electron chi connectivity index (χ3n) is 3.95. The molecular formula is C19H21NO3S. The fourth-order valence-electron chi connectivity index (χ4n) is 2.31. The number of hydrogen-bond acceptors (Lipinski definition) is 4. The van der Waals surface area contributed by atoms with E-state index >= 15 is 0 Å². The fourth-order valence-corrected chi connectivity index (χ4v) is 3.48. The van der Waals surface area contributed by atoms with Crippen molar-refractivity contribution >= 4 is 17.7 Å². The molecule has 0 bridgehead atoms. The summed E-state index contributed by atoms with van der Waals surface area (Å²) in [6.07, 6.45) is 5.22. The minimum absolute atomic E-state index is 0.150. The minimum atomic E-state index is -0.775. The van der Waals surface area contributed by atoms with E-state index in [4.69, 9.17) is 9.84 Å². The van der Waals surface area contributed by atoms with Crippen LogP contribution >= 0.6 is 11.8 Å². The maximum Gasteiger partial charge on any atom is 0.303 e. The van der Waals surface area contributed by atoms with Crippen LogP contribution in [0.3, 0.4) is 0 Å². The molecule has 4 nitrogen and oxygen atoms in total. The number of aryl methyl sites for hydroxylation is 1. The Balaban J connectivity index is 1.54. The van der Waals surface area contributed by atoms with Gasteiger partial charge in [0.25, 0.3) is 0 Å². The number of aliphatic carboxylic acids is 1. The van der Waals surface area contributed by atoms with E-state index in [0.717, 1.165) is 33.6 Å². The molecule has 24 heavy (non-hydrogen) atoms. The van der Waals surface area contributed by atoms with E-state index in [1.807, 2.05) is 48.3 Å². The molecule has 1 aromatic heterocycles. The topological polar surface area (TPSA) is 59.4 Å². The second-order valence-corrected chi connectivity index (χ2v) is 7.06. The first-order valence-corrected chi connectivity index (χ1v) is 9.19. The number of carboxylic acids is 1. The third kappa shape index (κ3) is 5.27. The zero-order valence-corrected chi connectivity index (χ0v) is 14.3. The van der Waals surface area contributed by atoms with Gasteiger partial charge in [-0.2, -0.15) is 0 Å². The van der Waals surface area contributed by atoms with Crippen LogP contribution in [0, 0.1) is 5.92 Å². The normalized spacial score (nSPS) is 13.7. The van der Waals surface area contributed by atoms with Crippen LogP contribution in [0.4, 0.5) is 0 Å². The van der Waals surface area contributed by atoms with E-state index in [1.165, 1.54) is 12.8 Å². The molecule has 0 saturated heterocycles. The van der Waals surface area contributed by atoms with Gasteiger partial charge < -0.3 is 9.84 Å². The van der Waals surface area contributed by atoms with Crippen molar-refractivity contribution in [2.45, 2.75) is 37.3 Å². The Morgan fingerprint density at radius 1 is 1.25 bits per heavy atom. The van der Waals surface area contributed by atoms with Crippen LogP contribution in [-0.4, -0.2) is 21.8 Å². The lowest BCUT2D eigenvalue weighted by Gasteiger charge is -2.10. The molecule has 3 rings (SSSR count). The molecule has 1 aromatic carbocycles. The summed E-state index contributed by atoms with van der Waals surface area (Å²) in [7, 11) is 0. The molecule has 2 aromatic rings. The van der Waals surface area contributed by atoms with Gasteiger partial charge in [0.1, 0.15) is 17.4 Å². The predicted molar refractivity (Wildman–Crippen MR) is 94.4 cm³/mol. The van der Waals surface area contributed by atoms with Crippen LogP contribution < -0.4 is 4.74 Å². The van der Waals surface area contributed by atoms with E-state index in [0.29, 0.717) is 13.0 Å². The number of nitrogens with zero attached hydrogens (tertiary/aromatic N) is 1. The number of aromatic nitrogens is 1. The average Bonchev–Trinajstić information content (AvgIpc) is 3.42. The molecule has 1 saturated carbocycles. The molecule has 0 atom stereocenters. The second kappa shape index (κ2) is 8.20. The summed E-state index contributed by atoms with van der Waals surface area (Å²) in [5, 5.41) is 9.77. The van der Waals surface area contributed by atoms with Crippen molar-refractivity contribution in [3.8, 4) is 5.75 Å². The van der Waals surface area contributed by atoms with Crippen molar-refractivity contribution in [1.29, 1.82) is 0 Å². The third-order valence-corrected chi connectivity index (χ3v) is 5.23. The van der Waals surface area contributed by atoms with Gasteiger partial charge in [0.15, 0.2) is 0 Å². The van der Waals surface area contributed by atoms with Crippen molar-refractivity contribution < 1.29 is 14.6 Å². The minimum Gasteiger partial charge on any atom is -0.489 e. The van der Waals surface area contributed by atoms with E-state index in [-0.39, 0.29) is 6.42 Å². The van der Waals surface area contributed by atoms with Crippen LogP contribution in [0.15, 0.2) is 47.6 Å². The largest absolute Gasteiger partial charge is 0.489 e. The summed E-state index contributed by atoms with van der Waals surface area (Å²) in [5.74, 6) is 2.02. The van der Waals surface area contributed by atoms with Crippen molar-refractivity contribution in [2.75, 3.05) is 5.75 Å². The maximum atomic E-state index is 10.6. The summed E-state index contributed by atoms with van der Waals surface area (Å²) in [6, 6.07) is 11.6. The molecule has 0 amide bonds. The highest BCUT2D eigenvalue weighted by Crippen LogP contribution is 2.35. The predicted octanol–water partition coefficient (Wildman–Crippen LogP) is 4.18. The van der Waals surface area contributed by atoms with Gasteiger partial charge in [0, 0.05) is 23.9 Å². The molecule has 0 spiro atoms. The van der Waals surface area contributed by atoms with Gasteiger partial charge >= 0.3 is 5.97 Å². The quantitative estimate of drug-likeness (QED) is 0.692. The van der Waals surface area contributed by atoms with Gasteiger partial charge in [0.2, 0.25) is 0 Å². The van der Waals surface area contributed by atoms with Crippen LogP contribution in [0.1, 0.15) is 30.4 Å². The number of thioether (sulfide) groups is 1. The molecule has 0 aliphatic heterocycles. The molecule has 1 fully saturated rings. The van der Waals surface area contributed by atoms with Crippen LogP contribution in [0.5, 0.6) is 5.75 Å². The fraction of sp³-hybridized carbons (Fsp3) is 0.368. The number of benzene rings is 1. The Morgan fingerprint density at radius 2 is 2.04 bits per heavy atom. The lowest BCUT2D eigenvalue weighted by molar-refractivity contribution is -0.136. The molecule has 5 heteroatoms. The Hall–Kier alpha value is -2.01. The number of hydrogen-bond donors (Lipinski definition) is 1. The molecular weight excluding hydrogens is 322 g/mol. The number of ether oxygens (including phenoxy) is 1. The zero-order valence-electron chi connectivity index (χ0n) is 13.5. The van der Waals surface area contributed by atoms with Gasteiger partial charge in [-0.15, -0.1) is 11.8 Å². The van der Waals surface area contributed by atoms with Gasteiger partial charge in [-0.3, -0.25) is 4.79 Å². The summed E-state index contributed by atoms with van der Waals surface area (Å²) >= 11 is 1.82. The maximum absolute atomic E-state index is 10.6. The van der Waals surface area contributed by atoms with Crippen molar-refractivity contribution in [2.24, 2.45) is 5.92 Å². The first-order chi connectivity index (χ1) is 11.7. The molecule has 1 aliphatic carbocycles. The Labute approximate surface area is 146 Å². The van der Waals surface area contributed by atoms with E-state index in [1.54, 1.807) is 0 Å². The van der Waals surface area contributed by atoms with Crippen molar-refractivity contribution in [3.05, 3.63) is 53.7 Å². The van der Waals surface area contributed by atoms with Crippen LogP contribution in [0.25, 0.3) is 0 Å². The number of carbonyl (C=O) groups is 1. The Bertz CT molecular complexity index is 683. The van der Waals surface area contributed by atoms with Crippen molar-refractivity contribution in [3.63, 3.8) is 0 Å². The molecule has 126 valence electrons. The summed E-state index contributed by atoms with van der Waals surface area (Å²) in [5.41, 5.74) is 2.12. The smallest absolute Gasteiger partial charge is 0.303 e. The highest BCUT2D eigenvalue weighted by molar-refractivity contribution is 7.99. The summed E-state index contributed by atoms with van der Waals surface area (Å²) in [4.78, 5) is 15.1. The number of carboxylic acid groups (broad SMARTS) is 1. The van der Waals surface area contributed by atoms with E-state index in [2.05, 4.69) is 11.1 Å². The lowest BCUT2D eigenvalue weighted by Crippen LogP contribution is -2.00. The van der Waals surface area contributed by atoms with Gasteiger partial charge in [-0.05, 0) is 48.9 Å². The average molecular weight is 343 g/mol. The zero-order chi connectivity index (χ0) is 16.8. The highest BCUT2D eigenvalue weighted by atomic mass is 32.2. The highest BCUT2D eigenvalue weighted by Gasteiger charge is 2.21. The van der Waals surface area contributed by atoms with Gasteiger partial charge in [0.05, 0.1) is 0 Å². The molecule has 0 radical (unpaired) electrons. The van der Waals surface area contributed by atoms with Gasteiger partial charge in [-0.1, -0.05) is 18.2 Å². The SMILES string of the molecule is O=C(O)CCc1ccc(OCc2cccnc2SCC2CC2)cc1. The van der Waals surface area contributed by atoms with Crippen LogP contribution in [-0.2, 0) is 17.8 Å². The molecule has 1 aliphatic rings. The second-order valence-electron chi connectivity index (χ2n) is 6.05. The monoisotopic (exact) mass is 343 g/mol. The van der Waals surface area contributed by atoms with E-state index in [9.17, 15) is 4.79 Å². The van der Waals surface area contributed by atoms with Crippen LogP contribution in [0.2, 0.25) is 0 Å². The summed E-state index contributed by atoms with van der Waals surface area (Å²) in [6.45, 7) is 0.495. The van der Waals surface area contributed by atoms with Crippen molar-refractivity contribution in [1.82, 2.24) is 4.98 Å². The van der Waals surface area contributed by atoms with Gasteiger partial charge in [-0.25, -0.2) is 4.98 Å². The standard InChI is InChI=1S/C19H21NO3S/c21-18(22)10-7-14-5-8-17(9-6-14)23-12-16-2-1-11-20-19(16)24-13-15-3-4-15/h1-2,5-6,8-9,11,15H,3-4,7,10,12-13H2,(H,21,22). The first kappa shape index (κ1) is 16.8.